The Morgan fingerprint density at radius 1 is 0.337 bits per heavy atom. The van der Waals surface area contributed by atoms with Gasteiger partial charge in [-0.1, -0.05) is 177 Å². The molecule has 0 aliphatic rings. The molecule has 9 aromatic rings. The highest BCUT2D eigenvalue weighted by Crippen LogP contribution is 2.39. The lowest BCUT2D eigenvalue weighted by Gasteiger charge is -2.33. The lowest BCUT2D eigenvalue weighted by atomic mass is 9.91. The van der Waals surface area contributed by atoms with E-state index in [0.717, 1.165) is 55.8 Å². The summed E-state index contributed by atoms with van der Waals surface area (Å²) in [6, 6.07) is 72.1. The number of nitrogens with zero attached hydrogens (tertiary/aromatic N) is 4. The maximum absolute atomic E-state index is 7.03. The minimum Gasteiger partial charge on any atom is -0.496 e. The number of methoxy groups -OCH3 is 4. The van der Waals surface area contributed by atoms with Crippen molar-refractivity contribution in [2.45, 2.75) is 20.8 Å². The van der Waals surface area contributed by atoms with Crippen LogP contribution in [0.25, 0.3) is 22.3 Å². The Morgan fingerprint density at radius 2 is 0.582 bits per heavy atom. The number of aliphatic imine (C=N–C) groups is 4. The predicted molar refractivity (Wildman–Crippen MR) is 400 cm³/mol. The van der Waals surface area contributed by atoms with Gasteiger partial charge >= 0.3 is 0 Å². The molecule has 0 saturated carbocycles. The molecule has 0 N–H and O–H groups in total. The van der Waals surface area contributed by atoms with Crippen LogP contribution in [0.3, 0.4) is 0 Å². The largest absolute Gasteiger partial charge is 0.496 e. The zero-order valence-corrected chi connectivity index (χ0v) is 56.3. The van der Waals surface area contributed by atoms with Crippen LogP contribution in [-0.2, 0) is 0 Å². The van der Waals surface area contributed by atoms with Crippen LogP contribution in [0.1, 0.15) is 65.3 Å². The van der Waals surface area contributed by atoms with Gasteiger partial charge in [0.1, 0.15) is 77.8 Å². The molecule has 9 rings (SSSR count). The van der Waals surface area contributed by atoms with Gasteiger partial charge < -0.3 is 37.9 Å². The van der Waals surface area contributed by atoms with Crippen LogP contribution in [-0.4, -0.2) is 78.3 Å². The monoisotopic (exact) mass is 1290 g/mol. The number of ether oxygens (including phenoxy) is 8. The fraction of sp³-hybridized carbons (Fsp3) is 0.140. The van der Waals surface area contributed by atoms with E-state index < -0.39 is 5.41 Å². The van der Waals surface area contributed by atoms with Gasteiger partial charge in [0.25, 0.3) is 0 Å². The number of rotatable bonds is 31. The van der Waals surface area contributed by atoms with Crippen molar-refractivity contribution in [2.75, 3.05) is 54.9 Å². The first-order valence-electron chi connectivity index (χ1n) is 31.8. The Bertz CT molecular complexity index is 4280. The molecule has 0 fully saturated rings. The molecule has 12 nitrogen and oxygen atoms in total. The summed E-state index contributed by atoms with van der Waals surface area (Å²) in [5.41, 5.74) is 10.9. The van der Waals surface area contributed by atoms with E-state index in [1.165, 1.54) is 0 Å². The fourth-order valence-corrected chi connectivity index (χ4v) is 10.3. The minimum absolute atomic E-state index is 0.0260. The second-order valence-corrected chi connectivity index (χ2v) is 22.1. The number of hydrogen-bond acceptors (Lipinski definition) is 12. The number of allylic oxidation sites excluding steroid dienone is 6. The molecule has 0 amide bonds. The van der Waals surface area contributed by atoms with Crippen molar-refractivity contribution >= 4 is 51.5 Å². The fourth-order valence-electron chi connectivity index (χ4n) is 10.3. The van der Waals surface area contributed by atoms with Gasteiger partial charge in [-0.05, 0) is 145 Å². The van der Waals surface area contributed by atoms with Crippen LogP contribution in [0.5, 0.6) is 46.0 Å². The summed E-state index contributed by atoms with van der Waals surface area (Å²) < 4.78 is 52.8. The molecule has 0 aliphatic heterocycles. The Labute approximate surface area is 575 Å². The highest BCUT2D eigenvalue weighted by Gasteiger charge is 2.37. The van der Waals surface area contributed by atoms with Gasteiger partial charge in [-0.2, -0.15) is 0 Å². The van der Waals surface area contributed by atoms with Crippen molar-refractivity contribution in [1.29, 1.82) is 0 Å². The Hall–Kier alpha value is -12.4. The third kappa shape index (κ3) is 18.5. The Kier molecular flexibility index (Phi) is 25.5. The van der Waals surface area contributed by atoms with Crippen LogP contribution >= 0.6 is 0 Å². The Balaban J connectivity index is 1.18. The molecule has 98 heavy (non-hydrogen) atoms. The number of hydrogen-bond donors (Lipinski definition) is 0. The molecule has 0 atom stereocenters. The van der Waals surface area contributed by atoms with Crippen LogP contribution < -0.4 is 37.9 Å². The molecule has 0 unspecified atom stereocenters. The molecule has 0 aromatic heterocycles. The summed E-state index contributed by atoms with van der Waals surface area (Å²) >= 11 is 0. The average Bonchev–Trinajstić information content (AvgIpc) is 0.886. The SMILES string of the molecule is C=C/C(=C\C)N=C=C(c1ccccc1)c1ccc(OCC(COc2ccc(C(=C=N/C(C=C)=C/C)c3ccccc3)c(OC)c2)(COc2ccc(C(=C=N/C(C=C)=C/C)c3ccccc3)c(OC)c2)COc2ccc(C(=C=Nc3ccccc3)c3ccccc3)c(OC)c2)cc1OC. The number of para-hydroxylation sites is 1. The molecule has 0 heterocycles. The van der Waals surface area contributed by atoms with Crippen molar-refractivity contribution in [1.82, 2.24) is 0 Å². The normalized spacial score (nSPS) is 11.6. The summed E-state index contributed by atoms with van der Waals surface area (Å²) in [6.45, 7) is 17.4. The van der Waals surface area contributed by atoms with E-state index in [-0.39, 0.29) is 26.4 Å². The van der Waals surface area contributed by atoms with Crippen LogP contribution in [0.2, 0.25) is 0 Å². The molecule has 0 saturated heterocycles. The van der Waals surface area contributed by atoms with Crippen LogP contribution in [0, 0.1) is 5.41 Å². The summed E-state index contributed by atoms with van der Waals surface area (Å²) in [5, 5.41) is 0. The maximum atomic E-state index is 7.03. The zero-order chi connectivity index (χ0) is 68.9. The first kappa shape index (κ1) is 69.9. The van der Waals surface area contributed by atoms with E-state index in [0.29, 0.717) is 79.8 Å². The summed E-state index contributed by atoms with van der Waals surface area (Å²) in [4.78, 5) is 18.7. The predicted octanol–water partition coefficient (Wildman–Crippen LogP) is 19.3. The third-order valence-corrected chi connectivity index (χ3v) is 15.7. The first-order chi connectivity index (χ1) is 48.1. The molecular weight excluding hydrogens is 1220 g/mol. The molecule has 12 heteroatoms. The smallest absolute Gasteiger partial charge is 0.131 e. The molecule has 9 aromatic carbocycles. The van der Waals surface area contributed by atoms with Crippen molar-refractivity contribution in [3.05, 3.63) is 342 Å². The van der Waals surface area contributed by atoms with E-state index >= 15 is 0 Å². The summed E-state index contributed by atoms with van der Waals surface area (Å²) in [7, 11) is 6.49. The molecule has 490 valence electrons. The van der Waals surface area contributed by atoms with E-state index in [9.17, 15) is 0 Å². The second-order valence-electron chi connectivity index (χ2n) is 22.1. The highest BCUT2D eigenvalue weighted by molar-refractivity contribution is 6.03. The second kappa shape index (κ2) is 35.8. The lowest BCUT2D eigenvalue weighted by Crippen LogP contribution is -2.45. The summed E-state index contributed by atoms with van der Waals surface area (Å²) in [5.74, 6) is 17.2. The average molecular weight is 1300 g/mol. The van der Waals surface area contributed by atoms with Crippen molar-refractivity contribution in [3.8, 4) is 46.0 Å². The van der Waals surface area contributed by atoms with Crippen molar-refractivity contribution < 1.29 is 37.9 Å². The zero-order valence-electron chi connectivity index (χ0n) is 56.3. The maximum Gasteiger partial charge on any atom is 0.131 e. The van der Waals surface area contributed by atoms with Crippen LogP contribution in [0.15, 0.2) is 318 Å². The van der Waals surface area contributed by atoms with Gasteiger partial charge in [-0.25, -0.2) is 20.0 Å². The lowest BCUT2D eigenvalue weighted by molar-refractivity contribution is -0.00367. The standard InChI is InChI=1S/C86H78N4O8/c1-11-66(12-2)87-54-78(62-32-22-17-23-33-62)74-46-42-70(50-82(74)91-7)95-58-86(59-96-71-43-47-75(83(51-71)92-8)79(55-88-67(13-3)14-4)63-34-24-18-25-35-63,60-97-72-44-48-76(84(52-72)93-9)80(56-89-68(15-5)16-6)64-36-26-19-27-37-64)61-98-73-45-49-77(85(53-73)94-10)81(65-38-28-20-29-39-65)57-90-69-40-30-21-31-41-69/h11-53H,1,3,5,58-61H2,2,4,6-10H3/b66-12+,67-14+,68-16+. The molecule has 0 spiro atoms. The van der Waals surface area contributed by atoms with Crippen LogP contribution in [0.4, 0.5) is 5.69 Å². The molecule has 0 radical (unpaired) electrons. The van der Waals surface area contributed by atoms with E-state index in [2.05, 4.69) is 58.2 Å². The third-order valence-electron chi connectivity index (χ3n) is 15.7. The van der Waals surface area contributed by atoms with Gasteiger partial charge in [0.05, 0.1) is 73.5 Å². The molecule has 0 aliphatic carbocycles. The van der Waals surface area contributed by atoms with Gasteiger partial charge in [-0.3, -0.25) is 0 Å². The summed E-state index contributed by atoms with van der Waals surface area (Å²) in [6.07, 6.45) is 10.6. The van der Waals surface area contributed by atoms with Crippen molar-refractivity contribution in [2.24, 2.45) is 25.4 Å². The quantitative estimate of drug-likeness (QED) is 0.0311. The van der Waals surface area contributed by atoms with E-state index in [1.807, 2.05) is 263 Å². The first-order valence-corrected chi connectivity index (χ1v) is 31.8. The van der Waals surface area contributed by atoms with E-state index in [4.69, 9.17) is 42.9 Å². The molecule has 0 bridgehead atoms. The highest BCUT2D eigenvalue weighted by atomic mass is 16.5. The van der Waals surface area contributed by atoms with Crippen molar-refractivity contribution in [3.63, 3.8) is 0 Å². The van der Waals surface area contributed by atoms with E-state index in [1.54, 1.807) is 46.7 Å². The number of benzene rings is 9. The Morgan fingerprint density at radius 3 is 0.816 bits per heavy atom. The van der Waals surface area contributed by atoms with Gasteiger partial charge in [-0.15, -0.1) is 0 Å². The topological polar surface area (TPSA) is 123 Å². The minimum atomic E-state index is -1.16. The molecular formula is C86H78N4O8. The van der Waals surface area contributed by atoms with Gasteiger partial charge in [0.15, 0.2) is 0 Å². The van der Waals surface area contributed by atoms with Gasteiger partial charge in [0, 0.05) is 46.5 Å². The van der Waals surface area contributed by atoms with Gasteiger partial charge in [0.2, 0.25) is 0 Å².